The van der Waals surface area contributed by atoms with E-state index in [9.17, 15) is 4.39 Å². The molecular formula is C14H12FN3S. The SMILES string of the molecule is NC(=S)c1ccc(N2CCc3ccc(F)cc32)cn1. The van der Waals surface area contributed by atoms with E-state index in [0.717, 1.165) is 29.9 Å². The van der Waals surface area contributed by atoms with Crippen LogP contribution in [0.5, 0.6) is 0 Å². The van der Waals surface area contributed by atoms with Gasteiger partial charge in [-0.25, -0.2) is 4.39 Å². The maximum atomic E-state index is 13.3. The van der Waals surface area contributed by atoms with Gasteiger partial charge in [-0.05, 0) is 36.2 Å². The van der Waals surface area contributed by atoms with Crippen LogP contribution >= 0.6 is 12.2 Å². The van der Waals surface area contributed by atoms with Crippen molar-refractivity contribution in [2.45, 2.75) is 6.42 Å². The van der Waals surface area contributed by atoms with Crippen LogP contribution < -0.4 is 10.6 Å². The zero-order valence-electron chi connectivity index (χ0n) is 10.1. The number of benzene rings is 1. The lowest BCUT2D eigenvalue weighted by molar-refractivity contribution is 0.628. The number of pyridine rings is 1. The monoisotopic (exact) mass is 273 g/mol. The molecule has 2 N–H and O–H groups in total. The molecule has 2 aromatic rings. The van der Waals surface area contributed by atoms with Crippen LogP contribution in [0.15, 0.2) is 36.5 Å². The van der Waals surface area contributed by atoms with Gasteiger partial charge in [-0.2, -0.15) is 0 Å². The first-order valence-corrected chi connectivity index (χ1v) is 6.38. The second kappa shape index (κ2) is 4.59. The molecule has 1 aliphatic rings. The molecule has 5 heteroatoms. The third kappa shape index (κ3) is 2.17. The number of nitrogens with two attached hydrogens (primary N) is 1. The van der Waals surface area contributed by atoms with Gasteiger partial charge in [0.25, 0.3) is 0 Å². The van der Waals surface area contributed by atoms with Crippen molar-refractivity contribution in [1.82, 2.24) is 4.98 Å². The van der Waals surface area contributed by atoms with Crippen molar-refractivity contribution in [2.75, 3.05) is 11.4 Å². The van der Waals surface area contributed by atoms with Crippen molar-refractivity contribution in [3.05, 3.63) is 53.6 Å². The van der Waals surface area contributed by atoms with E-state index in [1.165, 1.54) is 6.07 Å². The average molecular weight is 273 g/mol. The van der Waals surface area contributed by atoms with Gasteiger partial charge in [0.05, 0.1) is 17.6 Å². The van der Waals surface area contributed by atoms with Crippen LogP contribution in [0.3, 0.4) is 0 Å². The van der Waals surface area contributed by atoms with Crippen molar-refractivity contribution in [3.8, 4) is 0 Å². The van der Waals surface area contributed by atoms with Crippen LogP contribution in [0, 0.1) is 5.82 Å². The van der Waals surface area contributed by atoms with E-state index in [1.54, 1.807) is 18.3 Å². The minimum atomic E-state index is -0.224. The zero-order valence-corrected chi connectivity index (χ0v) is 11.0. The van der Waals surface area contributed by atoms with Crippen LogP contribution in [0.2, 0.25) is 0 Å². The molecule has 96 valence electrons. The van der Waals surface area contributed by atoms with E-state index in [1.807, 2.05) is 12.1 Å². The van der Waals surface area contributed by atoms with Gasteiger partial charge in [-0.15, -0.1) is 0 Å². The Labute approximate surface area is 115 Å². The van der Waals surface area contributed by atoms with Crippen molar-refractivity contribution in [3.63, 3.8) is 0 Å². The molecular weight excluding hydrogens is 261 g/mol. The van der Waals surface area contributed by atoms with Gasteiger partial charge in [-0.1, -0.05) is 18.3 Å². The number of thiocarbonyl (C=S) groups is 1. The second-order valence-electron chi connectivity index (χ2n) is 4.44. The average Bonchev–Trinajstić information content (AvgIpc) is 2.81. The number of rotatable bonds is 2. The Morgan fingerprint density at radius 1 is 1.32 bits per heavy atom. The highest BCUT2D eigenvalue weighted by atomic mass is 32.1. The summed E-state index contributed by atoms with van der Waals surface area (Å²) in [4.78, 5) is 6.54. The molecule has 1 aromatic heterocycles. The van der Waals surface area contributed by atoms with Crippen molar-refractivity contribution in [2.24, 2.45) is 5.73 Å². The van der Waals surface area contributed by atoms with Crippen LogP contribution in [-0.2, 0) is 6.42 Å². The molecule has 0 bridgehead atoms. The standard InChI is InChI=1S/C14H12FN3S/c15-10-2-1-9-5-6-18(13(9)7-10)11-3-4-12(14(16)19)17-8-11/h1-4,7-8H,5-6H2,(H2,16,19). The number of anilines is 2. The van der Waals surface area contributed by atoms with Gasteiger partial charge in [0.2, 0.25) is 0 Å². The van der Waals surface area contributed by atoms with E-state index in [0.29, 0.717) is 5.69 Å². The van der Waals surface area contributed by atoms with E-state index in [2.05, 4.69) is 9.88 Å². The Bertz CT molecular complexity index is 640. The number of aromatic nitrogens is 1. The maximum Gasteiger partial charge on any atom is 0.125 e. The number of halogens is 1. The lowest BCUT2D eigenvalue weighted by atomic mass is 10.1. The Morgan fingerprint density at radius 2 is 2.16 bits per heavy atom. The molecule has 2 heterocycles. The molecule has 0 radical (unpaired) electrons. The fraction of sp³-hybridized carbons (Fsp3) is 0.143. The minimum Gasteiger partial charge on any atom is -0.388 e. The molecule has 0 unspecified atom stereocenters. The summed E-state index contributed by atoms with van der Waals surface area (Å²) >= 11 is 4.87. The van der Waals surface area contributed by atoms with Gasteiger partial charge in [0.1, 0.15) is 10.8 Å². The molecule has 0 spiro atoms. The number of hydrogen-bond acceptors (Lipinski definition) is 3. The van der Waals surface area contributed by atoms with Gasteiger partial charge in [0, 0.05) is 12.2 Å². The number of nitrogens with zero attached hydrogens (tertiary/aromatic N) is 2. The highest BCUT2D eigenvalue weighted by Crippen LogP contribution is 2.34. The highest BCUT2D eigenvalue weighted by molar-refractivity contribution is 7.80. The Hall–Kier alpha value is -2.01. The van der Waals surface area contributed by atoms with Gasteiger partial charge in [-0.3, -0.25) is 4.98 Å². The molecule has 3 nitrogen and oxygen atoms in total. The number of hydrogen-bond donors (Lipinski definition) is 1. The largest absolute Gasteiger partial charge is 0.388 e. The van der Waals surface area contributed by atoms with Crippen LogP contribution in [-0.4, -0.2) is 16.5 Å². The molecule has 0 aliphatic carbocycles. The zero-order chi connectivity index (χ0) is 13.4. The summed E-state index contributed by atoms with van der Waals surface area (Å²) in [7, 11) is 0. The Morgan fingerprint density at radius 3 is 2.84 bits per heavy atom. The van der Waals surface area contributed by atoms with Crippen LogP contribution in [0.25, 0.3) is 0 Å². The third-order valence-corrected chi connectivity index (χ3v) is 3.46. The topological polar surface area (TPSA) is 42.1 Å². The molecule has 19 heavy (non-hydrogen) atoms. The quantitative estimate of drug-likeness (QED) is 0.854. The summed E-state index contributed by atoms with van der Waals surface area (Å²) < 4.78 is 13.3. The highest BCUT2D eigenvalue weighted by Gasteiger charge is 2.21. The second-order valence-corrected chi connectivity index (χ2v) is 4.88. The first kappa shape index (κ1) is 12.0. The minimum absolute atomic E-state index is 0.224. The first-order valence-electron chi connectivity index (χ1n) is 5.97. The Balaban J connectivity index is 1.97. The van der Waals surface area contributed by atoms with E-state index >= 15 is 0 Å². The molecule has 0 fully saturated rings. The normalized spacial score (nSPS) is 13.4. The number of fused-ring (bicyclic) bond motifs is 1. The smallest absolute Gasteiger partial charge is 0.125 e. The van der Waals surface area contributed by atoms with Crippen LogP contribution in [0.4, 0.5) is 15.8 Å². The molecule has 1 aromatic carbocycles. The molecule has 3 rings (SSSR count). The summed E-state index contributed by atoms with van der Waals surface area (Å²) in [6, 6.07) is 8.58. The van der Waals surface area contributed by atoms with Crippen molar-refractivity contribution >= 4 is 28.6 Å². The Kier molecular flexibility index (Phi) is 2.91. The lowest BCUT2D eigenvalue weighted by Gasteiger charge is -2.19. The first-order chi connectivity index (χ1) is 9.15. The molecule has 0 saturated carbocycles. The summed E-state index contributed by atoms with van der Waals surface area (Å²) in [6.45, 7) is 0.826. The fourth-order valence-electron chi connectivity index (χ4n) is 2.31. The predicted molar refractivity (Wildman–Crippen MR) is 77.2 cm³/mol. The van der Waals surface area contributed by atoms with E-state index < -0.39 is 0 Å². The molecule has 0 saturated heterocycles. The van der Waals surface area contributed by atoms with Gasteiger partial charge in [0.15, 0.2) is 0 Å². The molecule has 0 atom stereocenters. The lowest BCUT2D eigenvalue weighted by Crippen LogP contribution is -2.15. The van der Waals surface area contributed by atoms with E-state index in [4.69, 9.17) is 18.0 Å². The molecule has 0 amide bonds. The fourth-order valence-corrected chi connectivity index (χ4v) is 2.43. The predicted octanol–water partition coefficient (Wildman–Crippen LogP) is 2.55. The summed E-state index contributed by atoms with van der Waals surface area (Å²) in [5, 5.41) is 0. The summed E-state index contributed by atoms with van der Waals surface area (Å²) in [5.74, 6) is -0.224. The van der Waals surface area contributed by atoms with Crippen LogP contribution in [0.1, 0.15) is 11.3 Å². The maximum absolute atomic E-state index is 13.3. The van der Waals surface area contributed by atoms with Crippen molar-refractivity contribution in [1.29, 1.82) is 0 Å². The van der Waals surface area contributed by atoms with Gasteiger partial charge >= 0.3 is 0 Å². The van der Waals surface area contributed by atoms with Gasteiger partial charge < -0.3 is 10.6 Å². The summed E-state index contributed by atoms with van der Waals surface area (Å²) in [5.41, 5.74) is 9.09. The summed E-state index contributed by atoms with van der Waals surface area (Å²) in [6.07, 6.45) is 2.63. The van der Waals surface area contributed by atoms with E-state index in [-0.39, 0.29) is 10.8 Å². The molecule has 1 aliphatic heterocycles. The third-order valence-electron chi connectivity index (χ3n) is 3.25. The van der Waals surface area contributed by atoms with Crippen molar-refractivity contribution < 1.29 is 4.39 Å².